The predicted molar refractivity (Wildman–Crippen MR) is 81.6 cm³/mol. The van der Waals surface area contributed by atoms with Crippen molar-refractivity contribution in [1.29, 1.82) is 0 Å². The fraction of sp³-hybridized carbons (Fsp3) is 0.400. The lowest BCUT2D eigenvalue weighted by Gasteiger charge is -2.23. The minimum Gasteiger partial charge on any atom is -0.381 e. The molecule has 2 aromatic rings. The average molecular weight is 337 g/mol. The molecule has 0 bridgehead atoms. The maximum absolute atomic E-state index is 12.1. The number of amides is 1. The summed E-state index contributed by atoms with van der Waals surface area (Å²) in [6.07, 6.45) is 3.77. The molecule has 0 radical (unpaired) electrons. The number of halogens is 1. The molecule has 5 heteroatoms. The summed E-state index contributed by atoms with van der Waals surface area (Å²) in [4.78, 5) is 12.1. The quantitative estimate of drug-likeness (QED) is 0.936. The average Bonchev–Trinajstić information content (AvgIpc) is 2.82. The van der Waals surface area contributed by atoms with Crippen LogP contribution in [0.4, 0.5) is 0 Å². The molecule has 3 rings (SSSR count). The van der Waals surface area contributed by atoms with Gasteiger partial charge in [-0.15, -0.1) is 0 Å². The van der Waals surface area contributed by atoms with Gasteiger partial charge in [0.15, 0.2) is 0 Å². The number of benzene rings is 1. The lowest BCUT2D eigenvalue weighted by atomic mass is 10.1. The van der Waals surface area contributed by atoms with Gasteiger partial charge in [-0.25, -0.2) is 0 Å². The van der Waals surface area contributed by atoms with E-state index in [9.17, 15) is 4.79 Å². The highest BCUT2D eigenvalue weighted by atomic mass is 79.9. The number of hydrogen-bond donors (Lipinski definition) is 1. The summed E-state index contributed by atoms with van der Waals surface area (Å²) in [6.45, 7) is 1.85. The number of carbonyl (C=O) groups excluding carboxylic acids is 1. The van der Waals surface area contributed by atoms with Crippen LogP contribution in [0.5, 0.6) is 0 Å². The summed E-state index contributed by atoms with van der Waals surface area (Å²) >= 11 is 3.46. The Morgan fingerprint density at radius 1 is 1.35 bits per heavy atom. The Bertz CT molecular complexity index is 617. The zero-order valence-electron chi connectivity index (χ0n) is 11.1. The number of nitrogens with one attached hydrogen (secondary N) is 1. The zero-order chi connectivity index (χ0) is 13.9. The lowest BCUT2D eigenvalue weighted by Crippen LogP contribution is -2.40. The highest BCUT2D eigenvalue weighted by Gasteiger charge is 2.16. The molecule has 1 N–H and O–H groups in total. The highest BCUT2D eigenvalue weighted by Crippen LogP contribution is 2.20. The van der Waals surface area contributed by atoms with Crippen molar-refractivity contribution in [2.24, 2.45) is 0 Å². The van der Waals surface area contributed by atoms with Gasteiger partial charge in [0, 0.05) is 40.8 Å². The van der Waals surface area contributed by atoms with Crippen molar-refractivity contribution in [1.82, 2.24) is 9.88 Å². The summed E-state index contributed by atoms with van der Waals surface area (Å²) < 4.78 is 8.33. The van der Waals surface area contributed by atoms with Crippen molar-refractivity contribution >= 4 is 32.7 Å². The van der Waals surface area contributed by atoms with Crippen LogP contribution in [-0.4, -0.2) is 29.7 Å². The van der Waals surface area contributed by atoms with Crippen molar-refractivity contribution in [2.75, 3.05) is 13.2 Å². The van der Waals surface area contributed by atoms with E-state index < -0.39 is 0 Å². The second-order valence-corrected chi connectivity index (χ2v) is 6.02. The summed E-state index contributed by atoms with van der Waals surface area (Å²) in [6, 6.07) is 8.37. The minimum absolute atomic E-state index is 0.0670. The van der Waals surface area contributed by atoms with Gasteiger partial charge in [-0.2, -0.15) is 0 Å². The van der Waals surface area contributed by atoms with E-state index in [1.165, 1.54) is 0 Å². The van der Waals surface area contributed by atoms with Crippen LogP contribution in [0.3, 0.4) is 0 Å². The molecule has 0 atom stereocenters. The van der Waals surface area contributed by atoms with Crippen LogP contribution in [0, 0.1) is 0 Å². The number of ether oxygens (including phenoxy) is 1. The lowest BCUT2D eigenvalue weighted by molar-refractivity contribution is -0.122. The summed E-state index contributed by atoms with van der Waals surface area (Å²) in [5, 5.41) is 4.22. The largest absolute Gasteiger partial charge is 0.381 e. The molecule has 1 aliphatic heterocycles. The molecule has 1 aromatic carbocycles. The molecule has 0 unspecified atom stereocenters. The van der Waals surface area contributed by atoms with Crippen LogP contribution in [0.15, 0.2) is 34.9 Å². The SMILES string of the molecule is O=C(Cn1ccc2cc(Br)ccc21)NC1CCOCC1. The number of hydrogen-bond acceptors (Lipinski definition) is 2. The Hall–Kier alpha value is -1.33. The topological polar surface area (TPSA) is 43.3 Å². The third-order valence-corrected chi connectivity index (χ3v) is 4.13. The molecule has 1 fully saturated rings. The Kier molecular flexibility index (Phi) is 4.08. The maximum Gasteiger partial charge on any atom is 0.240 e. The standard InChI is InChI=1S/C15H17BrN2O2/c16-12-1-2-14-11(9-12)3-6-18(14)10-15(19)17-13-4-7-20-8-5-13/h1-3,6,9,13H,4-5,7-8,10H2,(H,17,19). The van der Waals surface area contributed by atoms with E-state index in [-0.39, 0.29) is 11.9 Å². The molecule has 1 aliphatic rings. The van der Waals surface area contributed by atoms with Crippen molar-refractivity contribution in [3.05, 3.63) is 34.9 Å². The van der Waals surface area contributed by atoms with Crippen molar-refractivity contribution in [2.45, 2.75) is 25.4 Å². The van der Waals surface area contributed by atoms with Crippen LogP contribution in [0.25, 0.3) is 10.9 Å². The van der Waals surface area contributed by atoms with Crippen LogP contribution >= 0.6 is 15.9 Å². The van der Waals surface area contributed by atoms with Gasteiger partial charge in [-0.05, 0) is 37.1 Å². The van der Waals surface area contributed by atoms with Gasteiger partial charge in [-0.1, -0.05) is 15.9 Å². The third-order valence-electron chi connectivity index (χ3n) is 3.63. The van der Waals surface area contributed by atoms with E-state index >= 15 is 0 Å². The molecule has 1 amide bonds. The molecule has 20 heavy (non-hydrogen) atoms. The fourth-order valence-electron chi connectivity index (χ4n) is 2.58. The van der Waals surface area contributed by atoms with Gasteiger partial charge in [0.25, 0.3) is 0 Å². The Labute approximate surface area is 126 Å². The van der Waals surface area contributed by atoms with Crippen molar-refractivity contribution < 1.29 is 9.53 Å². The van der Waals surface area contributed by atoms with Crippen LogP contribution in [0.2, 0.25) is 0 Å². The second kappa shape index (κ2) is 5.97. The fourth-order valence-corrected chi connectivity index (χ4v) is 2.96. The van der Waals surface area contributed by atoms with Gasteiger partial charge in [0.05, 0.1) is 0 Å². The Balaban J connectivity index is 1.67. The monoisotopic (exact) mass is 336 g/mol. The minimum atomic E-state index is 0.0670. The Morgan fingerprint density at radius 3 is 2.95 bits per heavy atom. The summed E-state index contributed by atoms with van der Waals surface area (Å²) in [5.74, 6) is 0.0670. The van der Waals surface area contributed by atoms with Gasteiger partial charge < -0.3 is 14.6 Å². The first-order chi connectivity index (χ1) is 9.72. The second-order valence-electron chi connectivity index (χ2n) is 5.10. The van der Waals surface area contributed by atoms with Crippen LogP contribution in [-0.2, 0) is 16.1 Å². The summed E-state index contributed by atoms with van der Waals surface area (Å²) in [7, 11) is 0. The molecule has 1 aromatic heterocycles. The molecular weight excluding hydrogens is 320 g/mol. The van der Waals surface area contributed by atoms with E-state index in [0.717, 1.165) is 41.4 Å². The molecule has 4 nitrogen and oxygen atoms in total. The number of nitrogens with zero attached hydrogens (tertiary/aromatic N) is 1. The van der Waals surface area contributed by atoms with Crippen LogP contribution < -0.4 is 5.32 Å². The van der Waals surface area contributed by atoms with Gasteiger partial charge in [0.2, 0.25) is 5.91 Å². The van der Waals surface area contributed by atoms with E-state index in [1.807, 2.05) is 29.0 Å². The predicted octanol–water partition coefficient (Wildman–Crippen LogP) is 2.70. The molecule has 2 heterocycles. The van der Waals surface area contributed by atoms with Gasteiger partial charge >= 0.3 is 0 Å². The number of aromatic nitrogens is 1. The molecular formula is C15H17BrN2O2. The summed E-state index contributed by atoms with van der Waals surface area (Å²) in [5.41, 5.74) is 1.08. The van der Waals surface area contributed by atoms with Gasteiger partial charge in [-0.3, -0.25) is 4.79 Å². The number of rotatable bonds is 3. The molecule has 1 saturated heterocycles. The van der Waals surface area contributed by atoms with E-state index in [1.54, 1.807) is 0 Å². The third kappa shape index (κ3) is 3.04. The van der Waals surface area contributed by atoms with E-state index in [4.69, 9.17) is 4.74 Å². The van der Waals surface area contributed by atoms with Crippen molar-refractivity contribution in [3.63, 3.8) is 0 Å². The maximum atomic E-state index is 12.1. The van der Waals surface area contributed by atoms with Gasteiger partial charge in [0.1, 0.15) is 6.54 Å². The Morgan fingerprint density at radius 2 is 2.15 bits per heavy atom. The van der Waals surface area contributed by atoms with E-state index in [0.29, 0.717) is 6.54 Å². The normalized spacial score (nSPS) is 16.4. The zero-order valence-corrected chi connectivity index (χ0v) is 12.7. The van der Waals surface area contributed by atoms with E-state index in [2.05, 4.69) is 27.3 Å². The highest BCUT2D eigenvalue weighted by molar-refractivity contribution is 9.10. The molecule has 0 aliphatic carbocycles. The number of fused-ring (bicyclic) bond motifs is 1. The number of carbonyl (C=O) groups is 1. The molecule has 0 spiro atoms. The first kappa shape index (κ1) is 13.6. The smallest absolute Gasteiger partial charge is 0.240 e. The van der Waals surface area contributed by atoms with Crippen molar-refractivity contribution in [3.8, 4) is 0 Å². The molecule has 0 saturated carbocycles. The molecule has 106 valence electrons. The van der Waals surface area contributed by atoms with Crippen LogP contribution in [0.1, 0.15) is 12.8 Å². The first-order valence-corrected chi connectivity index (χ1v) is 7.63. The first-order valence-electron chi connectivity index (χ1n) is 6.84.